The van der Waals surface area contributed by atoms with Crippen molar-refractivity contribution in [3.8, 4) is 0 Å². The quantitative estimate of drug-likeness (QED) is 0.801. The van der Waals surface area contributed by atoms with E-state index >= 15 is 0 Å². The van der Waals surface area contributed by atoms with Gasteiger partial charge >= 0.3 is 0 Å². The largest absolute Gasteiger partial charge is 0.342 e. The first-order valence-corrected chi connectivity index (χ1v) is 11.5. The fourth-order valence-corrected chi connectivity index (χ4v) is 7.03. The number of likely N-dealkylation sites (tertiary alicyclic amines) is 2. The molecule has 26 heavy (non-hydrogen) atoms. The van der Waals surface area contributed by atoms with E-state index in [4.69, 9.17) is 0 Å². The van der Waals surface area contributed by atoms with Crippen LogP contribution in [0.1, 0.15) is 24.8 Å². The Morgan fingerprint density at radius 3 is 2.54 bits per heavy atom. The van der Waals surface area contributed by atoms with Gasteiger partial charge in [0.1, 0.15) is 0 Å². The highest BCUT2D eigenvalue weighted by molar-refractivity contribution is 7.92. The van der Waals surface area contributed by atoms with Gasteiger partial charge in [0.2, 0.25) is 5.91 Å². The lowest BCUT2D eigenvalue weighted by atomic mass is 9.87. The Labute approximate surface area is 156 Å². The van der Waals surface area contributed by atoms with Gasteiger partial charge in [0.05, 0.1) is 11.0 Å². The fraction of sp³-hybridized carbons (Fsp3) is 0.650. The van der Waals surface area contributed by atoms with Crippen LogP contribution >= 0.6 is 0 Å². The minimum absolute atomic E-state index is 0.0300. The van der Waals surface area contributed by atoms with Crippen LogP contribution in [0, 0.1) is 11.8 Å². The molecular weight excluding hydrogens is 348 g/mol. The summed E-state index contributed by atoms with van der Waals surface area (Å²) in [5, 5.41) is -0.358. The lowest BCUT2D eigenvalue weighted by molar-refractivity contribution is -0.136. The molecule has 3 aliphatic heterocycles. The number of benzene rings is 1. The Hall–Kier alpha value is -1.40. The van der Waals surface area contributed by atoms with Crippen LogP contribution in [0.25, 0.3) is 0 Å². The molecule has 1 aromatic carbocycles. The molecule has 3 saturated heterocycles. The van der Waals surface area contributed by atoms with Crippen molar-refractivity contribution < 1.29 is 13.2 Å². The molecule has 0 spiro atoms. The summed E-state index contributed by atoms with van der Waals surface area (Å²) in [6.45, 7) is 3.87. The van der Waals surface area contributed by atoms with Crippen molar-refractivity contribution in [2.45, 2.75) is 30.9 Å². The van der Waals surface area contributed by atoms with Gasteiger partial charge in [-0.1, -0.05) is 30.3 Å². The van der Waals surface area contributed by atoms with E-state index in [0.717, 1.165) is 45.4 Å². The van der Waals surface area contributed by atoms with Crippen molar-refractivity contribution in [3.05, 3.63) is 35.9 Å². The van der Waals surface area contributed by atoms with Crippen LogP contribution in [0.5, 0.6) is 0 Å². The van der Waals surface area contributed by atoms with E-state index in [-0.39, 0.29) is 28.7 Å². The lowest BCUT2D eigenvalue weighted by Gasteiger charge is -2.34. The Morgan fingerprint density at radius 2 is 1.81 bits per heavy atom. The van der Waals surface area contributed by atoms with E-state index in [2.05, 4.69) is 17.0 Å². The summed E-state index contributed by atoms with van der Waals surface area (Å²) in [7, 11) is -3.08. The maximum atomic E-state index is 13.0. The van der Waals surface area contributed by atoms with Gasteiger partial charge in [-0.2, -0.15) is 0 Å². The van der Waals surface area contributed by atoms with Gasteiger partial charge in [-0.15, -0.1) is 0 Å². The molecule has 1 aromatic rings. The molecule has 3 atom stereocenters. The van der Waals surface area contributed by atoms with Crippen molar-refractivity contribution in [3.63, 3.8) is 0 Å². The highest BCUT2D eigenvalue weighted by Crippen LogP contribution is 2.38. The molecule has 1 amide bonds. The first kappa shape index (κ1) is 18.0. The number of hydrogen-bond acceptors (Lipinski definition) is 4. The highest BCUT2D eigenvalue weighted by atomic mass is 32.2. The number of carbonyl (C=O) groups is 1. The van der Waals surface area contributed by atoms with Crippen molar-refractivity contribution in [2.24, 2.45) is 11.8 Å². The average molecular weight is 377 g/mol. The Bertz CT molecular complexity index is 744. The molecular formula is C20H28N2O3S. The summed E-state index contributed by atoms with van der Waals surface area (Å²) in [4.78, 5) is 17.2. The molecule has 3 heterocycles. The maximum Gasteiger partial charge on any atom is 0.226 e. The van der Waals surface area contributed by atoms with Gasteiger partial charge in [0.25, 0.3) is 0 Å². The fourth-order valence-electron chi connectivity index (χ4n) is 4.90. The second kappa shape index (κ2) is 7.31. The van der Waals surface area contributed by atoms with E-state index in [1.165, 1.54) is 5.56 Å². The van der Waals surface area contributed by atoms with E-state index in [0.29, 0.717) is 13.0 Å². The number of nitrogens with zero attached hydrogens (tertiary/aromatic N) is 2. The van der Waals surface area contributed by atoms with Crippen LogP contribution in [0.2, 0.25) is 0 Å². The minimum atomic E-state index is -3.08. The van der Waals surface area contributed by atoms with Crippen molar-refractivity contribution in [1.82, 2.24) is 9.80 Å². The number of sulfone groups is 1. The summed E-state index contributed by atoms with van der Waals surface area (Å²) in [5.74, 6) is 0.239. The molecule has 0 N–H and O–H groups in total. The molecule has 0 bridgehead atoms. The number of rotatable bonds is 4. The SMILES string of the molecule is O=C([C@@H]1CCS(=O)(=O)[C@H]2CN(CCc3ccccc3)C[C@@H]12)N1CCCC1. The van der Waals surface area contributed by atoms with Crippen molar-refractivity contribution in [2.75, 3.05) is 38.5 Å². The molecule has 5 nitrogen and oxygen atoms in total. The third-order valence-corrected chi connectivity index (χ3v) is 8.60. The summed E-state index contributed by atoms with van der Waals surface area (Å²) in [6.07, 6.45) is 3.58. The zero-order valence-electron chi connectivity index (χ0n) is 15.2. The Morgan fingerprint density at radius 1 is 1.08 bits per heavy atom. The first-order valence-electron chi connectivity index (χ1n) is 9.81. The lowest BCUT2D eigenvalue weighted by Crippen LogP contribution is -2.47. The van der Waals surface area contributed by atoms with Crippen molar-refractivity contribution >= 4 is 15.7 Å². The predicted octanol–water partition coefficient (Wildman–Crippen LogP) is 1.59. The van der Waals surface area contributed by atoms with E-state index in [1.807, 2.05) is 23.1 Å². The van der Waals surface area contributed by atoms with Crippen molar-refractivity contribution in [1.29, 1.82) is 0 Å². The second-order valence-corrected chi connectivity index (χ2v) is 10.3. The number of amides is 1. The Balaban J connectivity index is 1.45. The molecule has 4 rings (SSSR count). The third kappa shape index (κ3) is 3.54. The van der Waals surface area contributed by atoms with Gasteiger partial charge in [0.15, 0.2) is 9.84 Å². The molecule has 0 radical (unpaired) electrons. The number of fused-ring (bicyclic) bond motifs is 1. The van der Waals surface area contributed by atoms with Crippen LogP contribution < -0.4 is 0 Å². The maximum absolute atomic E-state index is 13.0. The van der Waals surface area contributed by atoms with Gasteiger partial charge in [-0.25, -0.2) is 8.42 Å². The first-order chi connectivity index (χ1) is 12.5. The van der Waals surface area contributed by atoms with E-state index in [1.54, 1.807) is 0 Å². The third-order valence-electron chi connectivity index (χ3n) is 6.37. The molecule has 0 unspecified atom stereocenters. The van der Waals surface area contributed by atoms with Gasteiger partial charge in [0, 0.05) is 44.6 Å². The molecule has 3 aliphatic rings. The van der Waals surface area contributed by atoms with Crippen LogP contribution in [0.15, 0.2) is 30.3 Å². The summed E-state index contributed by atoms with van der Waals surface area (Å²) >= 11 is 0. The zero-order chi connectivity index (χ0) is 18.1. The zero-order valence-corrected chi connectivity index (χ0v) is 16.0. The second-order valence-electron chi connectivity index (χ2n) is 7.99. The normalized spacial score (nSPS) is 31.1. The van der Waals surface area contributed by atoms with Crippen LogP contribution in [0.3, 0.4) is 0 Å². The smallest absolute Gasteiger partial charge is 0.226 e. The van der Waals surface area contributed by atoms with Gasteiger partial charge in [-0.3, -0.25) is 4.79 Å². The van der Waals surface area contributed by atoms with Crippen LogP contribution in [0.4, 0.5) is 0 Å². The minimum Gasteiger partial charge on any atom is -0.342 e. The summed E-state index contributed by atoms with van der Waals surface area (Å²) < 4.78 is 25.2. The standard InChI is InChI=1S/C20H28N2O3S/c23-20(22-10-4-5-11-22)17-9-13-26(24,25)19-15-21(14-18(17)19)12-8-16-6-2-1-3-7-16/h1-3,6-7,17-19H,4-5,8-15H2/t17-,18+,19+/m1/s1. The summed E-state index contributed by atoms with van der Waals surface area (Å²) in [6, 6.07) is 10.3. The molecule has 0 aromatic heterocycles. The molecule has 6 heteroatoms. The van der Waals surface area contributed by atoms with Gasteiger partial charge in [-0.05, 0) is 31.2 Å². The monoisotopic (exact) mass is 376 g/mol. The molecule has 0 saturated carbocycles. The van der Waals surface area contributed by atoms with E-state index < -0.39 is 9.84 Å². The molecule has 0 aliphatic carbocycles. The average Bonchev–Trinajstić information content (AvgIpc) is 3.31. The molecule has 142 valence electrons. The summed E-state index contributed by atoms with van der Waals surface area (Å²) in [5.41, 5.74) is 1.27. The molecule has 3 fully saturated rings. The Kier molecular flexibility index (Phi) is 5.06. The van der Waals surface area contributed by atoms with Gasteiger partial charge < -0.3 is 9.80 Å². The van der Waals surface area contributed by atoms with Crippen LogP contribution in [-0.2, 0) is 21.1 Å². The predicted molar refractivity (Wildman–Crippen MR) is 102 cm³/mol. The highest BCUT2D eigenvalue weighted by Gasteiger charge is 2.50. The van der Waals surface area contributed by atoms with E-state index in [9.17, 15) is 13.2 Å². The van der Waals surface area contributed by atoms with Crippen LogP contribution in [-0.4, -0.2) is 67.9 Å². The number of carbonyl (C=O) groups excluding carboxylic acids is 1. The topological polar surface area (TPSA) is 57.7 Å². The number of hydrogen-bond donors (Lipinski definition) is 0.